The van der Waals surface area contributed by atoms with E-state index in [-0.39, 0.29) is 0 Å². The average Bonchev–Trinajstić information content (AvgIpc) is 2.46. The molecule has 4 bridgehead atoms. The number of hydrogen-bond donors (Lipinski definition) is 1. The van der Waals surface area contributed by atoms with Gasteiger partial charge in [-0.25, -0.2) is 0 Å². The van der Waals surface area contributed by atoms with Gasteiger partial charge in [-0.1, -0.05) is 19.3 Å². The van der Waals surface area contributed by atoms with Crippen LogP contribution >= 0.6 is 0 Å². The van der Waals surface area contributed by atoms with Crippen LogP contribution < -0.4 is 5.73 Å². The van der Waals surface area contributed by atoms with Crippen molar-refractivity contribution >= 4 is 0 Å². The third-order valence-electron chi connectivity index (χ3n) is 7.51. The van der Waals surface area contributed by atoms with Crippen LogP contribution in [0.3, 0.4) is 0 Å². The van der Waals surface area contributed by atoms with Gasteiger partial charge in [0, 0.05) is 6.04 Å². The quantitative estimate of drug-likeness (QED) is 0.787. The lowest BCUT2D eigenvalue weighted by Crippen LogP contribution is -2.45. The van der Waals surface area contributed by atoms with E-state index in [0.717, 1.165) is 35.5 Å². The van der Waals surface area contributed by atoms with Crippen molar-refractivity contribution in [1.29, 1.82) is 0 Å². The fourth-order valence-electron chi connectivity index (χ4n) is 6.69. The molecule has 0 aliphatic heterocycles. The summed E-state index contributed by atoms with van der Waals surface area (Å²) in [5, 5.41) is 0. The molecule has 1 heteroatoms. The van der Waals surface area contributed by atoms with E-state index in [9.17, 15) is 0 Å². The summed E-state index contributed by atoms with van der Waals surface area (Å²) in [6.45, 7) is 0. The van der Waals surface area contributed by atoms with Crippen molar-refractivity contribution in [2.75, 3.05) is 0 Å². The zero-order valence-electron chi connectivity index (χ0n) is 13.1. The predicted octanol–water partition coefficient (Wildman–Crippen LogP) is 4.75. The smallest absolute Gasteiger partial charge is 0.00672 e. The molecule has 5 aliphatic carbocycles. The van der Waals surface area contributed by atoms with E-state index in [0.29, 0.717) is 6.04 Å². The van der Waals surface area contributed by atoms with Crippen LogP contribution in [0.4, 0.5) is 0 Å². The van der Waals surface area contributed by atoms with E-state index in [2.05, 4.69) is 0 Å². The average molecular weight is 275 g/mol. The highest BCUT2D eigenvalue weighted by Crippen LogP contribution is 2.57. The molecule has 0 saturated heterocycles. The minimum Gasteiger partial charge on any atom is -0.327 e. The lowest BCUT2D eigenvalue weighted by molar-refractivity contribution is -0.0414. The van der Waals surface area contributed by atoms with Crippen LogP contribution in [0.25, 0.3) is 0 Å². The summed E-state index contributed by atoms with van der Waals surface area (Å²) >= 11 is 0. The van der Waals surface area contributed by atoms with Crippen molar-refractivity contribution in [3.8, 4) is 0 Å². The Hall–Kier alpha value is -0.0400. The minimum atomic E-state index is 0.521. The Morgan fingerprint density at radius 2 is 1.40 bits per heavy atom. The SMILES string of the molecule is NC(CCC1C2CC3CC(C2)CC1C3)C1CCCCC1. The molecule has 20 heavy (non-hydrogen) atoms. The van der Waals surface area contributed by atoms with Gasteiger partial charge in [-0.15, -0.1) is 0 Å². The molecule has 1 unspecified atom stereocenters. The molecule has 0 heterocycles. The standard InChI is InChI=1S/C19H33N/c20-19(15-4-2-1-3-5-15)7-6-18-16-9-13-8-14(11-16)12-17(18)10-13/h13-19H,1-12,20H2. The molecule has 1 atom stereocenters. The maximum atomic E-state index is 6.55. The summed E-state index contributed by atoms with van der Waals surface area (Å²) < 4.78 is 0. The van der Waals surface area contributed by atoms with E-state index in [1.165, 1.54) is 44.9 Å². The van der Waals surface area contributed by atoms with Gasteiger partial charge < -0.3 is 5.73 Å². The summed E-state index contributed by atoms with van der Waals surface area (Å²) in [7, 11) is 0. The monoisotopic (exact) mass is 275 g/mol. The van der Waals surface area contributed by atoms with Gasteiger partial charge in [0.25, 0.3) is 0 Å². The van der Waals surface area contributed by atoms with Gasteiger partial charge in [0.1, 0.15) is 0 Å². The summed E-state index contributed by atoms with van der Waals surface area (Å²) in [6.07, 6.45) is 17.9. The van der Waals surface area contributed by atoms with Crippen LogP contribution in [0.5, 0.6) is 0 Å². The fraction of sp³-hybridized carbons (Fsp3) is 1.00. The summed E-state index contributed by atoms with van der Waals surface area (Å²) in [5.41, 5.74) is 6.55. The molecular formula is C19H33N. The van der Waals surface area contributed by atoms with Crippen molar-refractivity contribution < 1.29 is 0 Å². The van der Waals surface area contributed by atoms with Gasteiger partial charge in [-0.3, -0.25) is 0 Å². The van der Waals surface area contributed by atoms with E-state index in [1.54, 1.807) is 32.1 Å². The lowest BCUT2D eigenvalue weighted by Gasteiger charge is -2.55. The van der Waals surface area contributed by atoms with Gasteiger partial charge in [-0.05, 0) is 93.3 Å². The maximum Gasteiger partial charge on any atom is 0.00672 e. The zero-order chi connectivity index (χ0) is 13.5. The number of hydrogen-bond acceptors (Lipinski definition) is 1. The van der Waals surface area contributed by atoms with Crippen molar-refractivity contribution in [2.45, 2.75) is 83.1 Å². The molecule has 114 valence electrons. The first kappa shape index (κ1) is 13.6. The topological polar surface area (TPSA) is 26.0 Å². The number of nitrogens with two attached hydrogens (primary N) is 1. The molecule has 5 rings (SSSR count). The van der Waals surface area contributed by atoms with Crippen molar-refractivity contribution in [1.82, 2.24) is 0 Å². The molecule has 5 fully saturated rings. The normalized spacial score (nSPS) is 45.8. The molecule has 1 nitrogen and oxygen atoms in total. The first-order chi connectivity index (χ1) is 9.79. The van der Waals surface area contributed by atoms with Crippen LogP contribution in [-0.2, 0) is 0 Å². The van der Waals surface area contributed by atoms with Gasteiger partial charge in [0.05, 0.1) is 0 Å². The van der Waals surface area contributed by atoms with Crippen LogP contribution in [0.15, 0.2) is 0 Å². The minimum absolute atomic E-state index is 0.521. The first-order valence-electron chi connectivity index (χ1n) is 9.55. The second-order valence-electron chi connectivity index (χ2n) is 8.73. The molecule has 0 aromatic rings. The summed E-state index contributed by atoms with van der Waals surface area (Å²) in [5.74, 6) is 6.38. The van der Waals surface area contributed by atoms with Crippen LogP contribution in [0, 0.1) is 35.5 Å². The van der Waals surface area contributed by atoms with Gasteiger partial charge >= 0.3 is 0 Å². The Bertz CT molecular complexity index is 303. The molecule has 0 radical (unpaired) electrons. The highest BCUT2D eigenvalue weighted by molar-refractivity contribution is 4.98. The first-order valence-corrected chi connectivity index (χ1v) is 9.55. The molecule has 0 spiro atoms. The second-order valence-corrected chi connectivity index (χ2v) is 8.73. The van der Waals surface area contributed by atoms with Gasteiger partial charge in [0.2, 0.25) is 0 Å². The van der Waals surface area contributed by atoms with Gasteiger partial charge in [0.15, 0.2) is 0 Å². The molecule has 0 amide bonds. The van der Waals surface area contributed by atoms with Crippen LogP contribution in [0.2, 0.25) is 0 Å². The van der Waals surface area contributed by atoms with Gasteiger partial charge in [-0.2, -0.15) is 0 Å². The molecule has 0 aromatic heterocycles. The van der Waals surface area contributed by atoms with E-state index < -0.39 is 0 Å². The Kier molecular flexibility index (Phi) is 3.83. The summed E-state index contributed by atoms with van der Waals surface area (Å²) in [4.78, 5) is 0. The number of rotatable bonds is 4. The highest BCUT2D eigenvalue weighted by Gasteiger charge is 2.47. The van der Waals surface area contributed by atoms with Crippen molar-refractivity contribution in [2.24, 2.45) is 41.2 Å². The zero-order valence-corrected chi connectivity index (χ0v) is 13.1. The van der Waals surface area contributed by atoms with Crippen molar-refractivity contribution in [3.63, 3.8) is 0 Å². The lowest BCUT2D eigenvalue weighted by atomic mass is 9.51. The van der Waals surface area contributed by atoms with E-state index in [4.69, 9.17) is 5.73 Å². The van der Waals surface area contributed by atoms with Crippen molar-refractivity contribution in [3.05, 3.63) is 0 Å². The molecule has 2 N–H and O–H groups in total. The van der Waals surface area contributed by atoms with Crippen LogP contribution in [0.1, 0.15) is 77.0 Å². The third kappa shape index (κ3) is 2.56. The molecule has 5 aliphatic rings. The third-order valence-corrected chi connectivity index (χ3v) is 7.51. The van der Waals surface area contributed by atoms with E-state index >= 15 is 0 Å². The fourth-order valence-corrected chi connectivity index (χ4v) is 6.69. The molecular weight excluding hydrogens is 242 g/mol. The Morgan fingerprint density at radius 1 is 0.800 bits per heavy atom. The van der Waals surface area contributed by atoms with E-state index in [1.807, 2.05) is 0 Å². The Morgan fingerprint density at radius 3 is 2.00 bits per heavy atom. The maximum absolute atomic E-state index is 6.55. The summed E-state index contributed by atoms with van der Waals surface area (Å²) in [6, 6.07) is 0.521. The molecule has 5 saturated carbocycles. The predicted molar refractivity (Wildman–Crippen MR) is 84.3 cm³/mol. The second kappa shape index (κ2) is 5.63. The highest BCUT2D eigenvalue weighted by atomic mass is 14.7. The van der Waals surface area contributed by atoms with Crippen LogP contribution in [-0.4, -0.2) is 6.04 Å². The molecule has 0 aromatic carbocycles. The Balaban J connectivity index is 1.31. The largest absolute Gasteiger partial charge is 0.327 e. The Labute approximate surface area is 125 Å².